The van der Waals surface area contributed by atoms with Crippen molar-refractivity contribution < 1.29 is 18.3 Å². The number of aromatic nitrogens is 4. The van der Waals surface area contributed by atoms with Crippen LogP contribution in [-0.2, 0) is 17.8 Å². The number of ether oxygens (including phenoxy) is 1. The fourth-order valence-corrected chi connectivity index (χ4v) is 3.88. The van der Waals surface area contributed by atoms with Crippen molar-refractivity contribution in [2.24, 2.45) is 0 Å². The minimum absolute atomic E-state index is 0.0825. The number of halogens is 1. The molecule has 2 aromatic carbocycles. The number of nitrogens with zero attached hydrogens (tertiary/aromatic N) is 4. The Bertz CT molecular complexity index is 1630. The predicted octanol–water partition coefficient (Wildman–Crippen LogP) is 2.96. The average Bonchev–Trinajstić information content (AvgIpc) is 3.53. The molecule has 35 heavy (non-hydrogen) atoms. The Morgan fingerprint density at radius 3 is 2.43 bits per heavy atom. The van der Waals surface area contributed by atoms with E-state index in [9.17, 15) is 18.8 Å². The second kappa shape index (κ2) is 8.90. The van der Waals surface area contributed by atoms with Crippen molar-refractivity contribution in [3.8, 4) is 5.69 Å². The predicted molar refractivity (Wildman–Crippen MR) is 124 cm³/mol. The SMILES string of the molecule is COC(=O)c1ccc(Cn2cnc3c2c(=O)n(Cc2ccco2)c(=O)n3-c2ccc(F)cc2)cc1. The maximum Gasteiger partial charge on any atom is 0.337 e. The van der Waals surface area contributed by atoms with E-state index in [1.54, 1.807) is 41.0 Å². The molecule has 3 aromatic heterocycles. The minimum Gasteiger partial charge on any atom is -0.467 e. The van der Waals surface area contributed by atoms with Gasteiger partial charge in [0, 0.05) is 6.54 Å². The Morgan fingerprint density at radius 1 is 1.03 bits per heavy atom. The molecule has 0 radical (unpaired) electrons. The van der Waals surface area contributed by atoms with Crippen molar-refractivity contribution in [3.63, 3.8) is 0 Å². The smallest absolute Gasteiger partial charge is 0.337 e. The third-order valence-electron chi connectivity index (χ3n) is 5.61. The molecule has 3 heterocycles. The molecule has 0 aliphatic heterocycles. The van der Waals surface area contributed by atoms with Crippen molar-refractivity contribution in [3.05, 3.63) is 117 Å². The lowest BCUT2D eigenvalue weighted by atomic mass is 10.1. The number of methoxy groups -OCH3 is 1. The van der Waals surface area contributed by atoms with Gasteiger partial charge in [-0.15, -0.1) is 0 Å². The summed E-state index contributed by atoms with van der Waals surface area (Å²) in [4.78, 5) is 43.0. The van der Waals surface area contributed by atoms with E-state index in [4.69, 9.17) is 9.15 Å². The number of hydrogen-bond acceptors (Lipinski definition) is 6. The summed E-state index contributed by atoms with van der Waals surface area (Å²) in [5.74, 6) is -0.477. The van der Waals surface area contributed by atoms with Crippen molar-refractivity contribution in [2.75, 3.05) is 7.11 Å². The number of benzene rings is 2. The van der Waals surface area contributed by atoms with E-state index in [0.717, 1.165) is 10.1 Å². The first-order valence-electron chi connectivity index (χ1n) is 10.6. The van der Waals surface area contributed by atoms with Crippen LogP contribution in [0.25, 0.3) is 16.9 Å². The van der Waals surface area contributed by atoms with E-state index in [-0.39, 0.29) is 24.3 Å². The highest BCUT2D eigenvalue weighted by molar-refractivity contribution is 5.89. The van der Waals surface area contributed by atoms with Gasteiger partial charge in [-0.1, -0.05) is 12.1 Å². The number of carbonyl (C=O) groups is 1. The van der Waals surface area contributed by atoms with Crippen LogP contribution in [0.15, 0.2) is 87.3 Å². The molecule has 0 fully saturated rings. The molecule has 0 spiro atoms. The van der Waals surface area contributed by atoms with Crippen molar-refractivity contribution in [1.82, 2.24) is 18.7 Å². The summed E-state index contributed by atoms with van der Waals surface area (Å²) < 4.78 is 27.6. The largest absolute Gasteiger partial charge is 0.467 e. The highest BCUT2D eigenvalue weighted by atomic mass is 19.1. The summed E-state index contributed by atoms with van der Waals surface area (Å²) in [7, 11) is 1.31. The minimum atomic E-state index is -0.627. The summed E-state index contributed by atoms with van der Waals surface area (Å²) >= 11 is 0. The molecule has 0 N–H and O–H groups in total. The van der Waals surface area contributed by atoms with Gasteiger partial charge in [-0.2, -0.15) is 0 Å². The Hall–Kier alpha value is -4.73. The van der Waals surface area contributed by atoms with Gasteiger partial charge in [0.25, 0.3) is 5.56 Å². The van der Waals surface area contributed by atoms with E-state index in [1.165, 1.54) is 48.5 Å². The normalized spacial score (nSPS) is 11.1. The summed E-state index contributed by atoms with van der Waals surface area (Å²) in [6.07, 6.45) is 2.93. The topological polar surface area (TPSA) is 101 Å². The van der Waals surface area contributed by atoms with E-state index in [2.05, 4.69) is 4.98 Å². The highest BCUT2D eigenvalue weighted by Gasteiger charge is 2.20. The molecule has 0 bridgehead atoms. The fraction of sp³-hybridized carbons (Fsp3) is 0.120. The van der Waals surface area contributed by atoms with Gasteiger partial charge in [0.15, 0.2) is 11.2 Å². The number of imidazole rings is 1. The molecule has 5 rings (SSSR count). The zero-order valence-corrected chi connectivity index (χ0v) is 18.6. The molecule has 10 heteroatoms. The molecule has 176 valence electrons. The van der Waals surface area contributed by atoms with Gasteiger partial charge < -0.3 is 13.7 Å². The zero-order chi connectivity index (χ0) is 24.5. The quantitative estimate of drug-likeness (QED) is 0.351. The Balaban J connectivity index is 1.67. The highest BCUT2D eigenvalue weighted by Crippen LogP contribution is 2.16. The lowest BCUT2D eigenvalue weighted by Crippen LogP contribution is -2.40. The average molecular weight is 474 g/mol. The van der Waals surface area contributed by atoms with Crippen LogP contribution in [0, 0.1) is 5.82 Å². The van der Waals surface area contributed by atoms with Crippen molar-refractivity contribution >= 4 is 17.1 Å². The Morgan fingerprint density at radius 2 is 1.77 bits per heavy atom. The van der Waals surface area contributed by atoms with Crippen LogP contribution in [0.2, 0.25) is 0 Å². The Labute approximate surface area is 197 Å². The van der Waals surface area contributed by atoms with E-state index in [1.807, 2.05) is 0 Å². The first-order valence-corrected chi connectivity index (χ1v) is 10.6. The maximum atomic E-state index is 13.6. The molecule has 0 atom stereocenters. The van der Waals surface area contributed by atoms with E-state index < -0.39 is 23.0 Å². The van der Waals surface area contributed by atoms with Crippen molar-refractivity contribution in [2.45, 2.75) is 13.1 Å². The van der Waals surface area contributed by atoms with E-state index >= 15 is 0 Å². The van der Waals surface area contributed by atoms with Crippen LogP contribution >= 0.6 is 0 Å². The van der Waals surface area contributed by atoms with Crippen LogP contribution in [0.5, 0.6) is 0 Å². The second-order valence-corrected chi connectivity index (χ2v) is 7.80. The molecule has 9 nitrogen and oxygen atoms in total. The maximum absolute atomic E-state index is 13.6. The third-order valence-corrected chi connectivity index (χ3v) is 5.61. The molecule has 5 aromatic rings. The van der Waals surface area contributed by atoms with Crippen LogP contribution in [0.3, 0.4) is 0 Å². The molecule has 0 unspecified atom stereocenters. The Kier molecular flexibility index (Phi) is 5.61. The molecule has 0 saturated heterocycles. The number of rotatable bonds is 6. The van der Waals surface area contributed by atoms with E-state index in [0.29, 0.717) is 17.0 Å². The van der Waals surface area contributed by atoms with Crippen molar-refractivity contribution in [1.29, 1.82) is 0 Å². The number of fused-ring (bicyclic) bond motifs is 1. The molecule has 0 aliphatic carbocycles. The molecular formula is C25H19FN4O5. The lowest BCUT2D eigenvalue weighted by molar-refractivity contribution is 0.0600. The molecule has 0 aliphatic rings. The van der Waals surface area contributed by atoms with Gasteiger partial charge in [-0.05, 0) is 54.1 Å². The first kappa shape index (κ1) is 22.1. The number of carbonyl (C=O) groups excluding carboxylic acids is 1. The summed E-state index contributed by atoms with van der Waals surface area (Å²) in [6.45, 7) is 0.177. The fourth-order valence-electron chi connectivity index (χ4n) is 3.88. The van der Waals surface area contributed by atoms with Crippen LogP contribution in [0.1, 0.15) is 21.7 Å². The summed E-state index contributed by atoms with van der Waals surface area (Å²) in [5.41, 5.74) is 0.737. The number of esters is 1. The van der Waals surface area contributed by atoms with Gasteiger partial charge >= 0.3 is 11.7 Å². The first-order chi connectivity index (χ1) is 17.0. The number of furan rings is 1. The van der Waals surface area contributed by atoms with Gasteiger partial charge in [-0.3, -0.25) is 9.36 Å². The standard InChI is InChI=1S/C25H19FN4O5/c1-34-24(32)17-6-4-16(5-7-17)13-28-15-27-22-21(28)23(31)29(14-20-3-2-12-35-20)25(33)30(22)19-10-8-18(26)9-11-19/h2-12,15H,13-14H2,1H3. The van der Waals surface area contributed by atoms with Gasteiger partial charge in [-0.25, -0.2) is 23.5 Å². The lowest BCUT2D eigenvalue weighted by Gasteiger charge is -2.12. The zero-order valence-electron chi connectivity index (χ0n) is 18.6. The summed E-state index contributed by atoms with van der Waals surface area (Å²) in [5, 5.41) is 0. The second-order valence-electron chi connectivity index (χ2n) is 7.80. The molecular weight excluding hydrogens is 455 g/mol. The van der Waals surface area contributed by atoms with Gasteiger partial charge in [0.1, 0.15) is 11.6 Å². The summed E-state index contributed by atoms with van der Waals surface area (Å²) in [6, 6.07) is 15.4. The van der Waals surface area contributed by atoms with Gasteiger partial charge in [0.05, 0.1) is 37.5 Å². The number of hydrogen-bond donors (Lipinski definition) is 0. The molecule has 0 saturated carbocycles. The van der Waals surface area contributed by atoms with Gasteiger partial charge in [0.2, 0.25) is 0 Å². The van der Waals surface area contributed by atoms with Crippen LogP contribution in [0.4, 0.5) is 4.39 Å². The monoisotopic (exact) mass is 474 g/mol. The third kappa shape index (κ3) is 4.05. The van der Waals surface area contributed by atoms with Crippen LogP contribution < -0.4 is 11.2 Å². The molecule has 0 amide bonds. The van der Waals surface area contributed by atoms with Crippen LogP contribution in [-0.4, -0.2) is 31.8 Å².